The zero-order valence-corrected chi connectivity index (χ0v) is 14.6. The fourth-order valence-corrected chi connectivity index (χ4v) is 3.13. The van der Waals surface area contributed by atoms with Crippen LogP contribution in [0, 0.1) is 6.92 Å². The standard InChI is InChI=1S/C22H19N3O/c1-15-4-2-5-17(10-15)21(26)12-19-8-7-16(13-24-19)11-18-14-25-22-20(18)6-3-9-23-22/h2-10,13-14H,11-12H2,1H3,(H,23,25). The van der Waals surface area contributed by atoms with Gasteiger partial charge in [0.2, 0.25) is 0 Å². The average molecular weight is 341 g/mol. The van der Waals surface area contributed by atoms with E-state index in [0.29, 0.717) is 6.42 Å². The van der Waals surface area contributed by atoms with E-state index in [0.717, 1.165) is 39.8 Å². The molecule has 3 heterocycles. The molecule has 0 unspecified atom stereocenters. The molecule has 0 spiro atoms. The molecule has 4 nitrogen and oxygen atoms in total. The van der Waals surface area contributed by atoms with Crippen molar-refractivity contribution in [3.8, 4) is 0 Å². The Morgan fingerprint density at radius 2 is 2.00 bits per heavy atom. The maximum atomic E-state index is 12.4. The third-order valence-electron chi connectivity index (χ3n) is 4.50. The molecular weight excluding hydrogens is 322 g/mol. The molecule has 4 rings (SSSR count). The van der Waals surface area contributed by atoms with Crippen LogP contribution in [0.5, 0.6) is 0 Å². The zero-order chi connectivity index (χ0) is 17.9. The van der Waals surface area contributed by atoms with Crippen LogP contribution in [0.4, 0.5) is 0 Å². The van der Waals surface area contributed by atoms with Crippen LogP contribution < -0.4 is 0 Å². The summed E-state index contributed by atoms with van der Waals surface area (Å²) >= 11 is 0. The number of Topliss-reactive ketones (excluding diaryl/α,β-unsaturated/α-hetero) is 1. The van der Waals surface area contributed by atoms with Crippen LogP contribution in [0.2, 0.25) is 0 Å². The highest BCUT2D eigenvalue weighted by Gasteiger charge is 2.09. The minimum Gasteiger partial charge on any atom is -0.346 e. The van der Waals surface area contributed by atoms with E-state index in [4.69, 9.17) is 0 Å². The van der Waals surface area contributed by atoms with Crippen LogP contribution in [-0.2, 0) is 12.8 Å². The van der Waals surface area contributed by atoms with Gasteiger partial charge in [-0.1, -0.05) is 29.8 Å². The highest BCUT2D eigenvalue weighted by Crippen LogP contribution is 2.19. The van der Waals surface area contributed by atoms with E-state index in [1.807, 2.05) is 61.8 Å². The van der Waals surface area contributed by atoms with Crippen molar-refractivity contribution < 1.29 is 4.79 Å². The summed E-state index contributed by atoms with van der Waals surface area (Å²) in [6, 6.07) is 15.7. The minimum absolute atomic E-state index is 0.0941. The van der Waals surface area contributed by atoms with Crippen molar-refractivity contribution in [3.63, 3.8) is 0 Å². The lowest BCUT2D eigenvalue weighted by Gasteiger charge is -2.04. The molecule has 0 saturated carbocycles. The first-order chi connectivity index (χ1) is 12.7. The fourth-order valence-electron chi connectivity index (χ4n) is 3.13. The summed E-state index contributed by atoms with van der Waals surface area (Å²) in [4.78, 5) is 24.4. The molecular formula is C22H19N3O. The van der Waals surface area contributed by atoms with Crippen molar-refractivity contribution in [2.75, 3.05) is 0 Å². The first-order valence-electron chi connectivity index (χ1n) is 8.64. The van der Waals surface area contributed by atoms with Crippen molar-refractivity contribution in [1.29, 1.82) is 0 Å². The molecule has 128 valence electrons. The van der Waals surface area contributed by atoms with E-state index >= 15 is 0 Å². The first kappa shape index (κ1) is 16.2. The van der Waals surface area contributed by atoms with Gasteiger partial charge in [-0.15, -0.1) is 0 Å². The van der Waals surface area contributed by atoms with E-state index < -0.39 is 0 Å². The highest BCUT2D eigenvalue weighted by atomic mass is 16.1. The topological polar surface area (TPSA) is 58.6 Å². The van der Waals surface area contributed by atoms with E-state index in [1.165, 1.54) is 5.56 Å². The number of fused-ring (bicyclic) bond motifs is 1. The number of aromatic nitrogens is 3. The number of ketones is 1. The quantitative estimate of drug-likeness (QED) is 0.551. The largest absolute Gasteiger partial charge is 0.346 e. The van der Waals surface area contributed by atoms with Crippen molar-refractivity contribution in [1.82, 2.24) is 15.0 Å². The Morgan fingerprint density at radius 1 is 1.08 bits per heavy atom. The lowest BCUT2D eigenvalue weighted by atomic mass is 10.0. The van der Waals surface area contributed by atoms with Crippen molar-refractivity contribution in [3.05, 3.63) is 95.1 Å². The third-order valence-corrected chi connectivity index (χ3v) is 4.50. The number of nitrogens with one attached hydrogen (secondary N) is 1. The van der Waals surface area contributed by atoms with Gasteiger partial charge < -0.3 is 4.98 Å². The minimum atomic E-state index is 0.0941. The van der Waals surface area contributed by atoms with Gasteiger partial charge in [0.05, 0.1) is 6.42 Å². The fraction of sp³-hybridized carbons (Fsp3) is 0.136. The molecule has 26 heavy (non-hydrogen) atoms. The predicted octanol–water partition coefficient (Wildman–Crippen LogP) is 4.28. The van der Waals surface area contributed by atoms with Gasteiger partial charge in [-0.25, -0.2) is 4.98 Å². The van der Waals surface area contributed by atoms with Crippen molar-refractivity contribution in [2.24, 2.45) is 0 Å². The molecule has 0 bridgehead atoms. The molecule has 0 saturated heterocycles. The zero-order valence-electron chi connectivity index (χ0n) is 14.6. The molecule has 0 aliphatic carbocycles. The van der Waals surface area contributed by atoms with E-state index in [2.05, 4.69) is 21.0 Å². The second kappa shape index (κ2) is 6.92. The number of carbonyl (C=O) groups excluding carboxylic acids is 1. The number of hydrogen-bond donors (Lipinski definition) is 1. The number of rotatable bonds is 5. The summed E-state index contributed by atoms with van der Waals surface area (Å²) < 4.78 is 0. The molecule has 3 aromatic heterocycles. The second-order valence-electron chi connectivity index (χ2n) is 6.52. The SMILES string of the molecule is Cc1cccc(C(=O)Cc2ccc(Cc3c[nH]c4ncccc34)cn2)c1. The van der Waals surface area contributed by atoms with E-state index in [1.54, 1.807) is 6.20 Å². The lowest BCUT2D eigenvalue weighted by Crippen LogP contribution is -2.05. The molecule has 0 amide bonds. The normalized spacial score (nSPS) is 11.0. The third kappa shape index (κ3) is 3.40. The number of aryl methyl sites for hydroxylation is 1. The van der Waals surface area contributed by atoms with Crippen LogP contribution in [0.3, 0.4) is 0 Å². The van der Waals surface area contributed by atoms with Gasteiger partial charge >= 0.3 is 0 Å². The molecule has 0 aliphatic rings. The summed E-state index contributed by atoms with van der Waals surface area (Å²) in [5.74, 6) is 0.0941. The second-order valence-corrected chi connectivity index (χ2v) is 6.52. The Balaban J connectivity index is 1.47. The Kier molecular flexibility index (Phi) is 4.32. The monoisotopic (exact) mass is 341 g/mol. The van der Waals surface area contributed by atoms with Crippen LogP contribution >= 0.6 is 0 Å². The summed E-state index contributed by atoms with van der Waals surface area (Å²) in [7, 11) is 0. The van der Waals surface area contributed by atoms with E-state index in [-0.39, 0.29) is 5.78 Å². The maximum absolute atomic E-state index is 12.4. The van der Waals surface area contributed by atoms with Gasteiger partial charge in [-0.05, 0) is 42.3 Å². The van der Waals surface area contributed by atoms with E-state index in [9.17, 15) is 4.79 Å². The molecule has 0 atom stereocenters. The number of H-pyrrole nitrogens is 1. The Labute approximate surface area is 151 Å². The van der Waals surface area contributed by atoms with Gasteiger partial charge in [0.15, 0.2) is 5.78 Å². The number of pyridine rings is 2. The van der Waals surface area contributed by atoms with Gasteiger partial charge in [-0.3, -0.25) is 9.78 Å². The van der Waals surface area contributed by atoms with Crippen LogP contribution in [-0.4, -0.2) is 20.7 Å². The average Bonchev–Trinajstić information content (AvgIpc) is 3.06. The summed E-state index contributed by atoms with van der Waals surface area (Å²) in [5, 5.41) is 1.13. The van der Waals surface area contributed by atoms with Gasteiger partial charge in [0.1, 0.15) is 5.65 Å². The maximum Gasteiger partial charge on any atom is 0.168 e. The highest BCUT2D eigenvalue weighted by molar-refractivity contribution is 5.97. The summed E-state index contributed by atoms with van der Waals surface area (Å²) in [5.41, 5.74) is 5.83. The molecule has 0 aliphatic heterocycles. The first-order valence-corrected chi connectivity index (χ1v) is 8.64. The molecule has 0 fully saturated rings. The Hall–Kier alpha value is -3.27. The lowest BCUT2D eigenvalue weighted by molar-refractivity contribution is 0.0992. The molecule has 1 N–H and O–H groups in total. The van der Waals surface area contributed by atoms with Crippen molar-refractivity contribution >= 4 is 16.8 Å². The van der Waals surface area contributed by atoms with Gasteiger partial charge in [-0.2, -0.15) is 0 Å². The number of benzene rings is 1. The number of carbonyl (C=O) groups is 1. The Morgan fingerprint density at radius 3 is 2.81 bits per heavy atom. The molecule has 0 radical (unpaired) electrons. The van der Waals surface area contributed by atoms with Gasteiger partial charge in [0, 0.05) is 41.7 Å². The van der Waals surface area contributed by atoms with Crippen LogP contribution in [0.1, 0.15) is 32.7 Å². The number of nitrogens with zero attached hydrogens (tertiary/aromatic N) is 2. The van der Waals surface area contributed by atoms with Crippen molar-refractivity contribution in [2.45, 2.75) is 19.8 Å². The number of hydrogen-bond acceptors (Lipinski definition) is 3. The van der Waals surface area contributed by atoms with Crippen LogP contribution in [0.25, 0.3) is 11.0 Å². The van der Waals surface area contributed by atoms with Gasteiger partial charge in [0.25, 0.3) is 0 Å². The summed E-state index contributed by atoms with van der Waals surface area (Å²) in [6.45, 7) is 1.99. The predicted molar refractivity (Wildman–Crippen MR) is 102 cm³/mol. The molecule has 1 aromatic carbocycles. The number of aromatic amines is 1. The smallest absolute Gasteiger partial charge is 0.168 e. The van der Waals surface area contributed by atoms with Crippen LogP contribution in [0.15, 0.2) is 67.1 Å². The molecule has 4 heteroatoms. The molecule has 4 aromatic rings. The Bertz CT molecular complexity index is 1060. The summed E-state index contributed by atoms with van der Waals surface area (Å²) in [6.07, 6.45) is 6.73.